The molecule has 28 heavy (non-hydrogen) atoms. The molecule has 2 aliphatic heterocycles. The second-order valence-electron chi connectivity index (χ2n) is 7.98. The van der Waals surface area contributed by atoms with Crippen molar-refractivity contribution in [2.24, 2.45) is 0 Å². The van der Waals surface area contributed by atoms with E-state index < -0.39 is 10.0 Å². The molecule has 8 heteroatoms. The zero-order chi connectivity index (χ0) is 20.5. The molecular formula is C20H31N3O4S. The van der Waals surface area contributed by atoms with Crippen LogP contribution in [-0.2, 0) is 19.6 Å². The van der Waals surface area contributed by atoms with Crippen molar-refractivity contribution in [1.29, 1.82) is 0 Å². The third-order valence-corrected chi connectivity index (χ3v) is 7.46. The molecule has 2 heterocycles. The molecule has 1 amide bonds. The smallest absolute Gasteiger partial charge is 0.243 e. The molecule has 156 valence electrons. The molecule has 7 nitrogen and oxygen atoms in total. The van der Waals surface area contributed by atoms with Gasteiger partial charge < -0.3 is 9.64 Å². The van der Waals surface area contributed by atoms with E-state index in [-0.39, 0.29) is 18.1 Å². The molecule has 0 N–H and O–H groups in total. The quantitative estimate of drug-likeness (QED) is 0.749. The zero-order valence-electron chi connectivity index (χ0n) is 17.2. The number of sulfonamides is 1. The summed E-state index contributed by atoms with van der Waals surface area (Å²) in [5.74, 6) is 0.0597. The molecule has 1 aromatic rings. The van der Waals surface area contributed by atoms with Crippen LogP contribution in [0.5, 0.6) is 0 Å². The van der Waals surface area contributed by atoms with E-state index in [0.29, 0.717) is 37.6 Å². The number of hydrogen-bond acceptors (Lipinski definition) is 5. The molecule has 2 aliphatic rings. The van der Waals surface area contributed by atoms with Crippen molar-refractivity contribution in [3.8, 4) is 0 Å². The van der Waals surface area contributed by atoms with Gasteiger partial charge in [0.15, 0.2) is 0 Å². The molecule has 0 aliphatic carbocycles. The molecule has 2 saturated heterocycles. The van der Waals surface area contributed by atoms with Crippen LogP contribution >= 0.6 is 0 Å². The van der Waals surface area contributed by atoms with Gasteiger partial charge in [0.2, 0.25) is 15.9 Å². The minimum absolute atomic E-state index is 0.0597. The van der Waals surface area contributed by atoms with Gasteiger partial charge in [-0.1, -0.05) is 6.07 Å². The van der Waals surface area contributed by atoms with Gasteiger partial charge in [-0.15, -0.1) is 0 Å². The summed E-state index contributed by atoms with van der Waals surface area (Å²) in [6.45, 7) is 11.3. The highest BCUT2D eigenvalue weighted by atomic mass is 32.2. The Morgan fingerprint density at radius 2 is 1.64 bits per heavy atom. The van der Waals surface area contributed by atoms with E-state index in [1.165, 1.54) is 4.31 Å². The summed E-state index contributed by atoms with van der Waals surface area (Å²) < 4.78 is 33.0. The van der Waals surface area contributed by atoms with Crippen molar-refractivity contribution < 1.29 is 17.9 Å². The van der Waals surface area contributed by atoms with Crippen molar-refractivity contribution in [1.82, 2.24) is 14.1 Å². The lowest BCUT2D eigenvalue weighted by Gasteiger charge is -2.38. The standard InChI is InChI=1S/C20H31N3O4S/c1-15-5-6-19(11-16(15)2)28(25,26)23-9-7-22(8-10-23)20(24)14-21-12-17(3)27-18(4)13-21/h5-6,11,17-18H,7-10,12-14H2,1-4H3/t17-,18-/m1/s1. The maximum Gasteiger partial charge on any atom is 0.243 e. The lowest BCUT2D eigenvalue weighted by Crippen LogP contribution is -2.54. The second kappa shape index (κ2) is 8.49. The highest BCUT2D eigenvalue weighted by Crippen LogP contribution is 2.20. The Morgan fingerprint density at radius 1 is 1.04 bits per heavy atom. The molecule has 1 aromatic carbocycles. The fourth-order valence-corrected chi connectivity index (χ4v) is 5.41. The van der Waals surface area contributed by atoms with Crippen LogP contribution in [0.1, 0.15) is 25.0 Å². The number of piperazine rings is 1. The van der Waals surface area contributed by atoms with Crippen molar-refractivity contribution in [3.63, 3.8) is 0 Å². The van der Waals surface area contributed by atoms with E-state index in [1.54, 1.807) is 17.0 Å². The van der Waals surface area contributed by atoms with Crippen LogP contribution in [0.3, 0.4) is 0 Å². The number of amides is 1. The minimum atomic E-state index is -3.52. The topological polar surface area (TPSA) is 70.2 Å². The van der Waals surface area contributed by atoms with Crippen LogP contribution < -0.4 is 0 Å². The van der Waals surface area contributed by atoms with E-state index in [9.17, 15) is 13.2 Å². The number of carbonyl (C=O) groups excluding carboxylic acids is 1. The number of carbonyl (C=O) groups is 1. The Morgan fingerprint density at radius 3 is 2.21 bits per heavy atom. The largest absolute Gasteiger partial charge is 0.373 e. The number of rotatable bonds is 4. The van der Waals surface area contributed by atoms with Gasteiger partial charge >= 0.3 is 0 Å². The predicted molar refractivity (Wildman–Crippen MR) is 108 cm³/mol. The number of benzene rings is 1. The first-order valence-electron chi connectivity index (χ1n) is 9.90. The monoisotopic (exact) mass is 409 g/mol. The van der Waals surface area contributed by atoms with Crippen molar-refractivity contribution in [2.75, 3.05) is 45.8 Å². The van der Waals surface area contributed by atoms with Gasteiger partial charge in [-0.05, 0) is 51.0 Å². The maximum atomic E-state index is 12.9. The third-order valence-electron chi connectivity index (χ3n) is 5.56. The Balaban J connectivity index is 1.57. The number of hydrogen-bond donors (Lipinski definition) is 0. The fraction of sp³-hybridized carbons (Fsp3) is 0.650. The van der Waals surface area contributed by atoms with Gasteiger partial charge in [0.25, 0.3) is 0 Å². The molecular weight excluding hydrogens is 378 g/mol. The lowest BCUT2D eigenvalue weighted by molar-refractivity contribution is -0.137. The predicted octanol–water partition coefficient (Wildman–Crippen LogP) is 1.25. The molecule has 0 radical (unpaired) electrons. The van der Waals surface area contributed by atoms with E-state index in [4.69, 9.17) is 4.74 Å². The molecule has 0 aromatic heterocycles. The van der Waals surface area contributed by atoms with Gasteiger partial charge in [0, 0.05) is 39.3 Å². The SMILES string of the molecule is Cc1ccc(S(=O)(=O)N2CCN(C(=O)CN3C[C@@H](C)O[C@H](C)C3)CC2)cc1C. The summed E-state index contributed by atoms with van der Waals surface area (Å²) in [5, 5.41) is 0. The number of nitrogens with zero attached hydrogens (tertiary/aromatic N) is 3. The van der Waals surface area contributed by atoms with Crippen LogP contribution in [-0.4, -0.2) is 86.5 Å². The Hall–Kier alpha value is -1.48. The average molecular weight is 410 g/mol. The third kappa shape index (κ3) is 4.74. The van der Waals surface area contributed by atoms with Gasteiger partial charge in [-0.2, -0.15) is 4.31 Å². The molecule has 0 unspecified atom stereocenters. The van der Waals surface area contributed by atoms with Crippen molar-refractivity contribution in [2.45, 2.75) is 44.8 Å². The normalized spacial score (nSPS) is 25.1. The summed E-state index contributed by atoms with van der Waals surface area (Å²) in [7, 11) is -3.52. The van der Waals surface area contributed by atoms with E-state index in [0.717, 1.165) is 24.2 Å². The maximum absolute atomic E-state index is 12.9. The molecule has 0 saturated carbocycles. The summed E-state index contributed by atoms with van der Waals surface area (Å²) in [6, 6.07) is 5.23. The number of aryl methyl sites for hydroxylation is 2. The van der Waals surface area contributed by atoms with E-state index >= 15 is 0 Å². The number of ether oxygens (including phenoxy) is 1. The first-order valence-corrected chi connectivity index (χ1v) is 11.3. The van der Waals surface area contributed by atoms with Gasteiger partial charge in [-0.25, -0.2) is 8.42 Å². The molecule has 0 bridgehead atoms. The second-order valence-corrected chi connectivity index (χ2v) is 9.92. The van der Waals surface area contributed by atoms with Gasteiger partial charge in [-0.3, -0.25) is 9.69 Å². The van der Waals surface area contributed by atoms with E-state index in [1.807, 2.05) is 33.8 Å². The Labute approximate surface area is 168 Å². The fourth-order valence-electron chi connectivity index (χ4n) is 3.91. The minimum Gasteiger partial charge on any atom is -0.373 e. The molecule has 2 fully saturated rings. The molecule has 3 rings (SSSR count). The van der Waals surface area contributed by atoms with Crippen molar-refractivity contribution in [3.05, 3.63) is 29.3 Å². The van der Waals surface area contributed by atoms with E-state index in [2.05, 4.69) is 4.90 Å². The highest BCUT2D eigenvalue weighted by Gasteiger charge is 2.31. The van der Waals surface area contributed by atoms with Crippen LogP contribution in [0.4, 0.5) is 0 Å². The first-order chi connectivity index (χ1) is 13.2. The summed E-state index contributed by atoms with van der Waals surface area (Å²) in [4.78, 5) is 16.9. The number of morpholine rings is 1. The summed E-state index contributed by atoms with van der Waals surface area (Å²) >= 11 is 0. The average Bonchev–Trinajstić information content (AvgIpc) is 2.63. The molecule has 2 atom stereocenters. The Kier molecular flexibility index (Phi) is 6.44. The first kappa shape index (κ1) is 21.2. The molecule has 0 spiro atoms. The zero-order valence-corrected chi connectivity index (χ0v) is 18.0. The lowest BCUT2D eigenvalue weighted by atomic mass is 10.1. The van der Waals surface area contributed by atoms with Gasteiger partial charge in [0.1, 0.15) is 0 Å². The van der Waals surface area contributed by atoms with Crippen LogP contribution in [0.15, 0.2) is 23.1 Å². The van der Waals surface area contributed by atoms with Crippen molar-refractivity contribution >= 4 is 15.9 Å². The summed E-state index contributed by atoms with van der Waals surface area (Å²) in [6.07, 6.45) is 0.244. The summed E-state index contributed by atoms with van der Waals surface area (Å²) in [5.41, 5.74) is 2.03. The van der Waals surface area contributed by atoms with Crippen LogP contribution in [0, 0.1) is 13.8 Å². The Bertz CT molecular complexity index is 809. The van der Waals surface area contributed by atoms with Crippen LogP contribution in [0.25, 0.3) is 0 Å². The highest BCUT2D eigenvalue weighted by molar-refractivity contribution is 7.89. The van der Waals surface area contributed by atoms with Gasteiger partial charge in [0.05, 0.1) is 23.6 Å². The van der Waals surface area contributed by atoms with Crippen LogP contribution in [0.2, 0.25) is 0 Å².